The molecule has 1 aliphatic rings. The highest BCUT2D eigenvalue weighted by Gasteiger charge is 2.21. The van der Waals surface area contributed by atoms with Crippen LogP contribution in [0.3, 0.4) is 0 Å². The summed E-state index contributed by atoms with van der Waals surface area (Å²) in [5.41, 5.74) is 4.35. The Balaban J connectivity index is 1.89. The molecule has 0 saturated heterocycles. The highest BCUT2D eigenvalue weighted by molar-refractivity contribution is 14.1. The van der Waals surface area contributed by atoms with Crippen molar-refractivity contribution in [2.45, 2.75) is 19.3 Å². The maximum atomic E-state index is 6.23. The number of anilines is 1. The average Bonchev–Trinajstić information content (AvgIpc) is 2.80. The molecule has 0 amide bonds. The van der Waals surface area contributed by atoms with Gasteiger partial charge in [-0.15, -0.1) is 0 Å². The zero-order valence-corrected chi connectivity index (χ0v) is 17.1. The van der Waals surface area contributed by atoms with Crippen LogP contribution in [0.1, 0.15) is 18.4 Å². The van der Waals surface area contributed by atoms with Gasteiger partial charge in [0.05, 0.1) is 21.4 Å². The van der Waals surface area contributed by atoms with Gasteiger partial charge >= 0.3 is 0 Å². The molecule has 1 aromatic heterocycles. The molecule has 2 aromatic carbocycles. The van der Waals surface area contributed by atoms with Crippen LogP contribution < -0.4 is 5.32 Å². The van der Waals surface area contributed by atoms with E-state index >= 15 is 0 Å². The van der Waals surface area contributed by atoms with Gasteiger partial charge in [-0.3, -0.25) is 0 Å². The van der Waals surface area contributed by atoms with Crippen molar-refractivity contribution in [3.05, 3.63) is 61.6 Å². The number of nitrogens with one attached hydrogen (secondary N) is 1. The second kappa shape index (κ2) is 7.17. The molecule has 0 saturated carbocycles. The summed E-state index contributed by atoms with van der Waals surface area (Å²) in [6.07, 6.45) is 3.33. The number of hydrogen-bond donors (Lipinski definition) is 1. The van der Waals surface area contributed by atoms with E-state index in [-0.39, 0.29) is 0 Å². The maximum Gasteiger partial charge on any atom is 0.133 e. The van der Waals surface area contributed by atoms with Gasteiger partial charge in [0.1, 0.15) is 5.82 Å². The zero-order chi connectivity index (χ0) is 17.4. The van der Waals surface area contributed by atoms with Gasteiger partial charge in [-0.1, -0.05) is 35.3 Å². The van der Waals surface area contributed by atoms with Crippen molar-refractivity contribution in [1.29, 1.82) is 0 Å². The first-order chi connectivity index (χ1) is 12.1. The number of hydrogen-bond acceptors (Lipinski definition) is 2. The Morgan fingerprint density at radius 3 is 2.56 bits per heavy atom. The molecule has 0 aliphatic carbocycles. The van der Waals surface area contributed by atoms with Crippen molar-refractivity contribution in [2.75, 3.05) is 11.9 Å². The fourth-order valence-corrected chi connectivity index (χ4v) is 3.80. The third-order valence-electron chi connectivity index (χ3n) is 4.39. The van der Waals surface area contributed by atoms with Gasteiger partial charge in [0.15, 0.2) is 0 Å². The molecule has 1 N–H and O–H groups in total. The van der Waals surface area contributed by atoms with E-state index in [0.29, 0.717) is 10.0 Å². The number of fused-ring (bicyclic) bond motifs is 1. The Morgan fingerprint density at radius 2 is 1.80 bits per heavy atom. The molecule has 0 unspecified atom stereocenters. The van der Waals surface area contributed by atoms with E-state index in [1.807, 2.05) is 22.9 Å². The predicted octanol–water partition coefficient (Wildman–Crippen LogP) is 6.20. The molecule has 0 fully saturated rings. The van der Waals surface area contributed by atoms with Gasteiger partial charge in [0, 0.05) is 21.2 Å². The standard InChI is InChI=1S/C19H16Cl2IN3/c20-16-9-8-14(11-17(16)21)25-19-15(3-1-2-10-23-19)18(24-25)12-4-6-13(22)7-5-12/h4-9,11,23H,1-3,10H2. The van der Waals surface area contributed by atoms with E-state index in [1.54, 1.807) is 0 Å². The van der Waals surface area contributed by atoms with Gasteiger partial charge in [-0.25, -0.2) is 4.68 Å². The van der Waals surface area contributed by atoms with Gasteiger partial charge in [0.25, 0.3) is 0 Å². The van der Waals surface area contributed by atoms with Crippen molar-refractivity contribution >= 4 is 51.6 Å². The normalized spacial score (nSPS) is 13.9. The topological polar surface area (TPSA) is 29.9 Å². The molecule has 4 rings (SSSR count). The average molecular weight is 484 g/mol. The van der Waals surface area contributed by atoms with Crippen molar-refractivity contribution < 1.29 is 0 Å². The molecule has 0 radical (unpaired) electrons. The molecule has 3 nitrogen and oxygen atoms in total. The van der Waals surface area contributed by atoms with Crippen molar-refractivity contribution in [3.8, 4) is 16.9 Å². The largest absolute Gasteiger partial charge is 0.370 e. The van der Waals surface area contributed by atoms with E-state index < -0.39 is 0 Å². The minimum Gasteiger partial charge on any atom is -0.370 e. The lowest BCUT2D eigenvalue weighted by molar-refractivity contribution is 0.780. The number of rotatable bonds is 2. The Labute approximate surface area is 170 Å². The molecule has 0 spiro atoms. The third-order valence-corrected chi connectivity index (χ3v) is 5.85. The first kappa shape index (κ1) is 17.2. The SMILES string of the molecule is Clc1ccc(-n2nc(-c3ccc(I)cc3)c3c2NCCCC3)cc1Cl. The van der Waals surface area contributed by atoms with Crippen LogP contribution in [0.4, 0.5) is 5.82 Å². The van der Waals surface area contributed by atoms with Crippen LogP contribution in [-0.2, 0) is 6.42 Å². The summed E-state index contributed by atoms with van der Waals surface area (Å²) >= 11 is 14.6. The van der Waals surface area contributed by atoms with Crippen LogP contribution in [-0.4, -0.2) is 16.3 Å². The summed E-state index contributed by atoms with van der Waals surface area (Å²) in [6, 6.07) is 14.1. The van der Waals surface area contributed by atoms with Crippen LogP contribution in [0, 0.1) is 3.57 Å². The molecule has 25 heavy (non-hydrogen) atoms. The number of nitrogens with zero attached hydrogens (tertiary/aromatic N) is 2. The predicted molar refractivity (Wildman–Crippen MR) is 113 cm³/mol. The molecule has 2 heterocycles. The van der Waals surface area contributed by atoms with Crippen molar-refractivity contribution in [2.24, 2.45) is 0 Å². The lowest BCUT2D eigenvalue weighted by atomic mass is 10.0. The van der Waals surface area contributed by atoms with Gasteiger partial charge < -0.3 is 5.32 Å². The molecular formula is C19H16Cl2IN3. The summed E-state index contributed by atoms with van der Waals surface area (Å²) in [7, 11) is 0. The summed E-state index contributed by atoms with van der Waals surface area (Å²) in [5.74, 6) is 1.06. The van der Waals surface area contributed by atoms with Gasteiger partial charge in [-0.05, 0) is 72.2 Å². The highest BCUT2D eigenvalue weighted by Crippen LogP contribution is 2.35. The van der Waals surface area contributed by atoms with Crippen LogP contribution in [0.2, 0.25) is 10.0 Å². The van der Waals surface area contributed by atoms with Crippen molar-refractivity contribution in [3.63, 3.8) is 0 Å². The molecule has 3 aromatic rings. The minimum absolute atomic E-state index is 0.535. The fourth-order valence-electron chi connectivity index (χ4n) is 3.15. The Kier molecular flexibility index (Phi) is 4.93. The van der Waals surface area contributed by atoms with Crippen LogP contribution in [0.5, 0.6) is 0 Å². The number of benzene rings is 2. The van der Waals surface area contributed by atoms with Gasteiger partial charge in [0.2, 0.25) is 0 Å². The summed E-state index contributed by atoms with van der Waals surface area (Å²) in [6.45, 7) is 0.951. The second-order valence-corrected chi connectivity index (χ2v) is 8.14. The highest BCUT2D eigenvalue weighted by atomic mass is 127. The second-order valence-electron chi connectivity index (χ2n) is 6.08. The summed E-state index contributed by atoms with van der Waals surface area (Å²) in [4.78, 5) is 0. The Bertz CT molecular complexity index is 919. The lowest BCUT2D eigenvalue weighted by Gasteiger charge is -2.10. The first-order valence-electron chi connectivity index (χ1n) is 8.20. The molecule has 0 bridgehead atoms. The van der Waals surface area contributed by atoms with E-state index in [9.17, 15) is 0 Å². The minimum atomic E-state index is 0.535. The lowest BCUT2D eigenvalue weighted by Crippen LogP contribution is -2.07. The monoisotopic (exact) mass is 483 g/mol. The van der Waals surface area contributed by atoms with Gasteiger partial charge in [-0.2, -0.15) is 5.10 Å². The smallest absolute Gasteiger partial charge is 0.133 e. The van der Waals surface area contributed by atoms with Crippen LogP contribution >= 0.6 is 45.8 Å². The van der Waals surface area contributed by atoms with E-state index in [0.717, 1.165) is 48.6 Å². The maximum absolute atomic E-state index is 6.23. The van der Waals surface area contributed by atoms with E-state index in [4.69, 9.17) is 28.3 Å². The Morgan fingerprint density at radius 1 is 1.00 bits per heavy atom. The molecule has 6 heteroatoms. The molecule has 1 aliphatic heterocycles. The quantitative estimate of drug-likeness (QED) is 0.440. The van der Waals surface area contributed by atoms with Crippen LogP contribution in [0.15, 0.2) is 42.5 Å². The Hall–Kier alpha value is -1.24. The molecular weight excluding hydrogens is 468 g/mol. The zero-order valence-electron chi connectivity index (χ0n) is 13.4. The first-order valence-corrected chi connectivity index (χ1v) is 10.0. The fraction of sp³-hybridized carbons (Fsp3) is 0.211. The van der Waals surface area contributed by atoms with E-state index in [2.05, 4.69) is 52.2 Å². The third kappa shape index (κ3) is 3.39. The molecule has 128 valence electrons. The van der Waals surface area contributed by atoms with E-state index in [1.165, 1.54) is 9.13 Å². The number of aromatic nitrogens is 2. The summed E-state index contributed by atoms with van der Waals surface area (Å²) in [5, 5.41) is 9.56. The molecule has 0 atom stereocenters. The van der Waals surface area contributed by atoms with Crippen LogP contribution in [0.25, 0.3) is 16.9 Å². The summed E-state index contributed by atoms with van der Waals surface area (Å²) < 4.78 is 3.17. The van der Waals surface area contributed by atoms with Crippen molar-refractivity contribution in [1.82, 2.24) is 9.78 Å². The number of halogens is 3.